The van der Waals surface area contributed by atoms with E-state index in [2.05, 4.69) is 11.2 Å². The van der Waals surface area contributed by atoms with Gasteiger partial charge in [-0.15, -0.1) is 6.42 Å². The molecule has 0 unspecified atom stereocenters. The third kappa shape index (κ3) is 2.42. The lowest BCUT2D eigenvalue weighted by atomic mass is 10.0. The van der Waals surface area contributed by atoms with Gasteiger partial charge in [0.25, 0.3) is 5.91 Å². The van der Waals surface area contributed by atoms with E-state index in [0.717, 1.165) is 17.7 Å². The summed E-state index contributed by atoms with van der Waals surface area (Å²) in [5.41, 5.74) is 1.07. The molecule has 3 heteroatoms. The van der Waals surface area contributed by atoms with Crippen molar-refractivity contribution in [2.45, 2.75) is 25.8 Å². The number of fused-ring (bicyclic) bond motifs is 1. The standard InChI is InChI=1S/C14H15NO2/c1-4-14(2,3)15-13(16)11-5-6-12-10(9-11)7-8-17-12/h1,5-6,9H,7-8H2,2-3H3,(H,15,16). The molecule has 1 amide bonds. The molecule has 1 N–H and O–H groups in total. The van der Waals surface area contributed by atoms with Crippen LogP contribution in [-0.2, 0) is 6.42 Å². The minimum absolute atomic E-state index is 0.150. The molecule has 0 saturated heterocycles. The van der Waals surface area contributed by atoms with Gasteiger partial charge < -0.3 is 10.1 Å². The van der Waals surface area contributed by atoms with Crippen molar-refractivity contribution in [2.75, 3.05) is 6.61 Å². The van der Waals surface area contributed by atoms with Gasteiger partial charge >= 0.3 is 0 Å². The number of benzene rings is 1. The van der Waals surface area contributed by atoms with Gasteiger partial charge in [0, 0.05) is 12.0 Å². The minimum Gasteiger partial charge on any atom is -0.493 e. The van der Waals surface area contributed by atoms with Crippen molar-refractivity contribution in [3.63, 3.8) is 0 Å². The van der Waals surface area contributed by atoms with Gasteiger partial charge in [-0.05, 0) is 37.6 Å². The zero-order valence-electron chi connectivity index (χ0n) is 10.0. The lowest BCUT2D eigenvalue weighted by Crippen LogP contribution is -2.42. The smallest absolute Gasteiger partial charge is 0.252 e. The lowest BCUT2D eigenvalue weighted by Gasteiger charge is -2.19. The molecule has 3 nitrogen and oxygen atoms in total. The summed E-state index contributed by atoms with van der Waals surface area (Å²) in [6.45, 7) is 4.28. The molecule has 17 heavy (non-hydrogen) atoms. The first-order chi connectivity index (χ1) is 8.02. The Hall–Kier alpha value is -1.95. The molecule has 0 saturated carbocycles. The molecule has 0 aromatic heterocycles. The zero-order chi connectivity index (χ0) is 12.5. The van der Waals surface area contributed by atoms with Gasteiger partial charge in [-0.2, -0.15) is 0 Å². The van der Waals surface area contributed by atoms with E-state index in [0.29, 0.717) is 12.2 Å². The van der Waals surface area contributed by atoms with Crippen LogP contribution in [0.25, 0.3) is 0 Å². The Morgan fingerprint density at radius 1 is 1.53 bits per heavy atom. The highest BCUT2D eigenvalue weighted by Crippen LogP contribution is 2.25. The fourth-order valence-corrected chi connectivity index (χ4v) is 1.72. The molecule has 1 aliphatic rings. The molecule has 1 aliphatic heterocycles. The van der Waals surface area contributed by atoms with Crippen molar-refractivity contribution in [1.82, 2.24) is 5.32 Å². The maximum atomic E-state index is 12.0. The van der Waals surface area contributed by atoms with Crippen LogP contribution in [0.2, 0.25) is 0 Å². The Balaban J connectivity index is 2.19. The Labute approximate surface area is 101 Å². The predicted octanol–water partition coefficient (Wildman–Crippen LogP) is 1.76. The topological polar surface area (TPSA) is 38.3 Å². The Bertz CT molecular complexity index is 497. The first-order valence-corrected chi connectivity index (χ1v) is 5.58. The second-order valence-electron chi connectivity index (χ2n) is 4.64. The van der Waals surface area contributed by atoms with Crippen molar-refractivity contribution in [3.8, 4) is 18.1 Å². The van der Waals surface area contributed by atoms with Crippen molar-refractivity contribution in [2.24, 2.45) is 0 Å². The molecule has 1 aromatic carbocycles. The van der Waals surface area contributed by atoms with Crippen LogP contribution in [-0.4, -0.2) is 18.1 Å². The molecule has 0 atom stereocenters. The minimum atomic E-state index is -0.632. The highest BCUT2D eigenvalue weighted by atomic mass is 16.5. The number of carbonyl (C=O) groups is 1. The monoisotopic (exact) mass is 229 g/mol. The summed E-state index contributed by atoms with van der Waals surface area (Å²) in [5.74, 6) is 3.26. The van der Waals surface area contributed by atoms with Crippen LogP contribution in [0.1, 0.15) is 29.8 Å². The molecule has 1 heterocycles. The summed E-state index contributed by atoms with van der Waals surface area (Å²) < 4.78 is 5.39. The lowest BCUT2D eigenvalue weighted by molar-refractivity contribution is 0.0930. The number of terminal acetylenes is 1. The quantitative estimate of drug-likeness (QED) is 0.785. The van der Waals surface area contributed by atoms with Gasteiger partial charge in [0.05, 0.1) is 12.1 Å². The van der Waals surface area contributed by atoms with E-state index in [-0.39, 0.29) is 5.91 Å². The van der Waals surface area contributed by atoms with Crippen LogP contribution < -0.4 is 10.1 Å². The van der Waals surface area contributed by atoms with E-state index in [9.17, 15) is 4.79 Å². The number of nitrogens with one attached hydrogen (secondary N) is 1. The van der Waals surface area contributed by atoms with Gasteiger partial charge in [-0.25, -0.2) is 0 Å². The Kier molecular flexibility index (Phi) is 2.81. The SMILES string of the molecule is C#CC(C)(C)NC(=O)c1ccc2c(c1)CCO2. The fourth-order valence-electron chi connectivity index (χ4n) is 1.72. The molecule has 0 spiro atoms. The van der Waals surface area contributed by atoms with Crippen molar-refractivity contribution >= 4 is 5.91 Å². The summed E-state index contributed by atoms with van der Waals surface area (Å²) in [6, 6.07) is 5.45. The molecule has 0 fully saturated rings. The molecular weight excluding hydrogens is 214 g/mol. The van der Waals surface area contributed by atoms with E-state index < -0.39 is 5.54 Å². The van der Waals surface area contributed by atoms with Crippen LogP contribution >= 0.6 is 0 Å². The first-order valence-electron chi connectivity index (χ1n) is 5.58. The van der Waals surface area contributed by atoms with Crippen molar-refractivity contribution < 1.29 is 9.53 Å². The molecule has 1 aromatic rings. The maximum absolute atomic E-state index is 12.0. The number of rotatable bonds is 2. The number of ether oxygens (including phenoxy) is 1. The van der Waals surface area contributed by atoms with E-state index in [4.69, 9.17) is 11.2 Å². The van der Waals surface area contributed by atoms with E-state index in [1.165, 1.54) is 0 Å². The molecule has 0 aliphatic carbocycles. The second-order valence-corrected chi connectivity index (χ2v) is 4.64. The Morgan fingerprint density at radius 2 is 2.29 bits per heavy atom. The average Bonchev–Trinajstić information content (AvgIpc) is 2.75. The van der Waals surface area contributed by atoms with Gasteiger partial charge in [0.15, 0.2) is 0 Å². The predicted molar refractivity (Wildman–Crippen MR) is 66.0 cm³/mol. The molecular formula is C14H15NO2. The summed E-state index contributed by atoms with van der Waals surface area (Å²) in [7, 11) is 0. The van der Waals surface area contributed by atoms with Gasteiger partial charge in [-0.1, -0.05) is 5.92 Å². The summed E-state index contributed by atoms with van der Waals surface area (Å²) in [6.07, 6.45) is 6.19. The third-order valence-electron chi connectivity index (χ3n) is 2.74. The molecule has 2 rings (SSSR count). The maximum Gasteiger partial charge on any atom is 0.252 e. The summed E-state index contributed by atoms with van der Waals surface area (Å²) >= 11 is 0. The van der Waals surface area contributed by atoms with Gasteiger partial charge in [0.2, 0.25) is 0 Å². The van der Waals surface area contributed by atoms with E-state index in [1.807, 2.05) is 12.1 Å². The normalized spacial score (nSPS) is 13.5. The number of hydrogen-bond acceptors (Lipinski definition) is 2. The zero-order valence-corrected chi connectivity index (χ0v) is 10.0. The van der Waals surface area contributed by atoms with Crippen LogP contribution in [0.15, 0.2) is 18.2 Å². The van der Waals surface area contributed by atoms with Crippen LogP contribution in [0.3, 0.4) is 0 Å². The third-order valence-corrected chi connectivity index (χ3v) is 2.74. The van der Waals surface area contributed by atoms with E-state index >= 15 is 0 Å². The average molecular weight is 229 g/mol. The molecule has 0 radical (unpaired) electrons. The second kappa shape index (κ2) is 4.14. The highest BCUT2D eigenvalue weighted by Gasteiger charge is 2.20. The Morgan fingerprint density at radius 3 is 3.00 bits per heavy atom. The van der Waals surface area contributed by atoms with Crippen LogP contribution in [0.5, 0.6) is 5.75 Å². The largest absolute Gasteiger partial charge is 0.493 e. The van der Waals surface area contributed by atoms with E-state index in [1.54, 1.807) is 19.9 Å². The van der Waals surface area contributed by atoms with Crippen molar-refractivity contribution in [1.29, 1.82) is 0 Å². The van der Waals surface area contributed by atoms with Gasteiger partial charge in [0.1, 0.15) is 5.75 Å². The van der Waals surface area contributed by atoms with Crippen LogP contribution in [0.4, 0.5) is 0 Å². The fraction of sp³-hybridized carbons (Fsp3) is 0.357. The number of hydrogen-bond donors (Lipinski definition) is 1. The first kappa shape index (κ1) is 11.5. The van der Waals surface area contributed by atoms with Gasteiger partial charge in [-0.3, -0.25) is 4.79 Å². The summed E-state index contributed by atoms with van der Waals surface area (Å²) in [4.78, 5) is 12.0. The number of amides is 1. The van der Waals surface area contributed by atoms with Crippen molar-refractivity contribution in [3.05, 3.63) is 29.3 Å². The highest BCUT2D eigenvalue weighted by molar-refractivity contribution is 5.95. The molecule has 0 bridgehead atoms. The molecule has 88 valence electrons. The van der Waals surface area contributed by atoms with Crippen LogP contribution in [0, 0.1) is 12.3 Å². The number of carbonyl (C=O) groups excluding carboxylic acids is 1. The summed E-state index contributed by atoms with van der Waals surface area (Å²) in [5, 5.41) is 2.80.